The number of H-pyrrole nitrogens is 1. The summed E-state index contributed by atoms with van der Waals surface area (Å²) in [6.07, 6.45) is 12.6. The number of nitrogens with one attached hydrogen (secondary N) is 2. The summed E-state index contributed by atoms with van der Waals surface area (Å²) in [5.41, 5.74) is 6.60. The molecule has 0 bridgehead atoms. The van der Waals surface area contributed by atoms with Crippen molar-refractivity contribution < 1.29 is 14.0 Å². The molecule has 3 aliphatic rings. The minimum atomic E-state index is -0.678. The molecule has 0 spiro atoms. The summed E-state index contributed by atoms with van der Waals surface area (Å²) in [5, 5.41) is 11.8. The molecule has 2 aromatic carbocycles. The van der Waals surface area contributed by atoms with Crippen LogP contribution in [0.25, 0.3) is 39.1 Å². The third-order valence-corrected chi connectivity index (χ3v) is 11.3. The van der Waals surface area contributed by atoms with Gasteiger partial charge < -0.3 is 10.2 Å². The second kappa shape index (κ2) is 13.4. The number of fused-ring (bicyclic) bond motifs is 1. The predicted molar refractivity (Wildman–Crippen MR) is 194 cm³/mol. The van der Waals surface area contributed by atoms with E-state index in [0.717, 1.165) is 33.4 Å². The number of hydrogen-bond acceptors (Lipinski definition) is 8. The molecule has 1 atom stereocenters. The average Bonchev–Trinajstić information content (AvgIpc) is 3.79. The van der Waals surface area contributed by atoms with Gasteiger partial charge in [-0.25, -0.2) is 14.4 Å². The lowest BCUT2D eigenvalue weighted by atomic mass is 9.97. The highest BCUT2D eigenvalue weighted by atomic mass is 32.2. The van der Waals surface area contributed by atoms with Crippen molar-refractivity contribution in [3.8, 4) is 22.6 Å². The smallest absolute Gasteiger partial charge is 0.241 e. The molecule has 1 saturated carbocycles. The summed E-state index contributed by atoms with van der Waals surface area (Å²) < 4.78 is 14.4. The molecule has 1 saturated heterocycles. The van der Waals surface area contributed by atoms with E-state index in [0.29, 0.717) is 67.6 Å². The van der Waals surface area contributed by atoms with Crippen LogP contribution in [-0.2, 0) is 9.59 Å². The van der Waals surface area contributed by atoms with Crippen molar-refractivity contribution in [3.63, 3.8) is 0 Å². The highest BCUT2D eigenvalue weighted by Crippen LogP contribution is 2.41. The van der Waals surface area contributed by atoms with Gasteiger partial charge in [0.1, 0.15) is 16.3 Å². The fourth-order valence-electron chi connectivity index (χ4n) is 6.99. The molecular formula is C38H37FN8O2S. The van der Waals surface area contributed by atoms with Crippen LogP contribution >= 0.6 is 11.8 Å². The molecule has 12 heteroatoms. The molecule has 5 aromatic rings. The topological polar surface area (TPSA) is 120 Å². The maximum atomic E-state index is 15.1. The first-order valence-electron chi connectivity index (χ1n) is 17.0. The van der Waals surface area contributed by atoms with Crippen molar-refractivity contribution in [1.82, 2.24) is 34.9 Å². The summed E-state index contributed by atoms with van der Waals surface area (Å²) in [5.74, 6) is 0.632. The number of carbonyl (C=O) groups is 2. The van der Waals surface area contributed by atoms with Gasteiger partial charge in [0, 0.05) is 84.1 Å². The molecule has 2 amide bonds. The van der Waals surface area contributed by atoms with Gasteiger partial charge in [0.05, 0.1) is 12.1 Å². The standard InChI is InChI=1S/C38H37FN8O2S/c1-50-38(37(49)43-28-6-8-32-30(21-28)35(45-44-32)26-9-15-40-33(20-26)25-3-4-25)12-18-46(23-38)22-34(48)47-16-10-24(11-17-47)29-7-5-27(19-31(29)39)36-41-13-2-14-42-36/h2,5-10,13-15,19-21,25H,3-4,11-12,16-18,22-23H2,1H3,(H,43,49)(H,44,45). The number of nitrogens with zero attached hydrogens (tertiary/aromatic N) is 6. The van der Waals surface area contributed by atoms with E-state index in [9.17, 15) is 9.59 Å². The number of likely N-dealkylation sites (tertiary alicyclic amines) is 1. The first kappa shape index (κ1) is 32.3. The molecule has 10 nitrogen and oxygen atoms in total. The third kappa shape index (κ3) is 6.40. The predicted octanol–water partition coefficient (Wildman–Crippen LogP) is 6.16. The first-order valence-corrected chi connectivity index (χ1v) is 18.2. The zero-order valence-corrected chi connectivity index (χ0v) is 28.5. The van der Waals surface area contributed by atoms with Crippen LogP contribution in [0.2, 0.25) is 0 Å². The van der Waals surface area contributed by atoms with Gasteiger partial charge in [0.25, 0.3) is 0 Å². The number of aromatic amines is 1. The monoisotopic (exact) mass is 688 g/mol. The Hall–Kier alpha value is -4.94. The van der Waals surface area contributed by atoms with Gasteiger partial charge in [-0.15, -0.1) is 11.8 Å². The quantitative estimate of drug-likeness (QED) is 0.189. The van der Waals surface area contributed by atoms with Crippen molar-refractivity contribution in [2.24, 2.45) is 0 Å². The maximum Gasteiger partial charge on any atom is 0.241 e. The molecule has 2 N–H and O–H groups in total. The Morgan fingerprint density at radius 3 is 2.64 bits per heavy atom. The second-order valence-corrected chi connectivity index (χ2v) is 14.5. The van der Waals surface area contributed by atoms with Gasteiger partial charge in [-0.2, -0.15) is 5.10 Å². The molecule has 50 heavy (non-hydrogen) atoms. The van der Waals surface area contributed by atoms with Crippen LogP contribution in [0, 0.1) is 5.82 Å². The maximum absolute atomic E-state index is 15.1. The van der Waals surface area contributed by atoms with Crippen molar-refractivity contribution in [1.29, 1.82) is 0 Å². The van der Waals surface area contributed by atoms with E-state index in [1.165, 1.54) is 30.7 Å². The molecule has 2 aliphatic heterocycles. The Balaban J connectivity index is 0.894. The molecule has 5 heterocycles. The zero-order chi connectivity index (χ0) is 34.2. The fraction of sp³-hybridized carbons (Fsp3) is 0.316. The van der Waals surface area contributed by atoms with Crippen LogP contribution in [0.15, 0.2) is 79.3 Å². The lowest BCUT2D eigenvalue weighted by Crippen LogP contribution is -2.45. The number of halogens is 1. The number of benzene rings is 2. The van der Waals surface area contributed by atoms with Crippen molar-refractivity contribution in [2.75, 3.05) is 44.3 Å². The molecule has 0 radical (unpaired) electrons. The van der Waals surface area contributed by atoms with Crippen molar-refractivity contribution in [2.45, 2.75) is 36.3 Å². The Morgan fingerprint density at radius 2 is 1.88 bits per heavy atom. The summed E-state index contributed by atoms with van der Waals surface area (Å²) in [4.78, 5) is 44.0. The van der Waals surface area contributed by atoms with Crippen LogP contribution in [-0.4, -0.2) is 90.5 Å². The summed E-state index contributed by atoms with van der Waals surface area (Å²) in [7, 11) is 0. The van der Waals surface area contributed by atoms with Crippen LogP contribution in [0.3, 0.4) is 0 Å². The number of anilines is 1. The van der Waals surface area contributed by atoms with E-state index < -0.39 is 4.75 Å². The number of rotatable bonds is 9. The normalized spacial score (nSPS) is 19.5. The lowest BCUT2D eigenvalue weighted by molar-refractivity contribution is -0.132. The molecular weight excluding hydrogens is 652 g/mol. The van der Waals surface area contributed by atoms with Crippen LogP contribution in [0.4, 0.5) is 10.1 Å². The number of aromatic nitrogens is 5. The Bertz CT molecular complexity index is 2120. The Morgan fingerprint density at radius 1 is 1.02 bits per heavy atom. The fourth-order valence-corrected chi connectivity index (χ4v) is 7.83. The molecule has 2 fully saturated rings. The van der Waals surface area contributed by atoms with E-state index >= 15 is 4.39 Å². The highest BCUT2D eigenvalue weighted by Gasteiger charge is 2.45. The van der Waals surface area contributed by atoms with E-state index in [4.69, 9.17) is 0 Å². The Kier molecular flexibility index (Phi) is 8.65. The summed E-state index contributed by atoms with van der Waals surface area (Å²) in [6.45, 7) is 2.28. The molecule has 8 rings (SSSR count). The third-order valence-electron chi connectivity index (χ3n) is 10.0. The van der Waals surface area contributed by atoms with Gasteiger partial charge in [0.15, 0.2) is 5.82 Å². The van der Waals surface area contributed by atoms with Gasteiger partial charge in [-0.05, 0) is 80.0 Å². The zero-order valence-electron chi connectivity index (χ0n) is 27.7. The number of hydrogen-bond donors (Lipinski definition) is 2. The van der Waals surface area contributed by atoms with Crippen LogP contribution in [0.1, 0.15) is 42.9 Å². The summed E-state index contributed by atoms with van der Waals surface area (Å²) >= 11 is 1.53. The molecule has 1 aliphatic carbocycles. The number of amides is 2. The van der Waals surface area contributed by atoms with E-state index in [1.54, 1.807) is 29.4 Å². The number of pyridine rings is 1. The molecule has 254 valence electrons. The minimum absolute atomic E-state index is 0.00792. The van der Waals surface area contributed by atoms with Crippen molar-refractivity contribution in [3.05, 3.63) is 96.3 Å². The van der Waals surface area contributed by atoms with E-state index in [2.05, 4.69) is 41.4 Å². The van der Waals surface area contributed by atoms with Crippen LogP contribution in [0.5, 0.6) is 0 Å². The van der Waals surface area contributed by atoms with Crippen LogP contribution < -0.4 is 5.32 Å². The largest absolute Gasteiger partial charge is 0.338 e. The van der Waals surface area contributed by atoms with Gasteiger partial charge >= 0.3 is 0 Å². The first-order chi connectivity index (χ1) is 24.4. The molecule has 1 unspecified atom stereocenters. The number of carbonyl (C=O) groups excluding carboxylic acids is 2. The SMILES string of the molecule is CSC1(C(=O)Nc2ccc3[nH]nc(-c4ccnc(C5CC5)c4)c3c2)CCN(CC(=O)N2CC=C(c3ccc(-c4ncccn4)cc3F)CC2)C1. The summed E-state index contributed by atoms with van der Waals surface area (Å²) in [6, 6.07) is 16.7. The van der Waals surface area contributed by atoms with Gasteiger partial charge in [-0.1, -0.05) is 18.2 Å². The minimum Gasteiger partial charge on any atom is -0.338 e. The highest BCUT2D eigenvalue weighted by molar-refractivity contribution is 8.00. The van der Waals surface area contributed by atoms with E-state index in [1.807, 2.05) is 48.9 Å². The average molecular weight is 689 g/mol. The lowest BCUT2D eigenvalue weighted by Gasteiger charge is -2.30. The molecule has 3 aromatic heterocycles. The van der Waals surface area contributed by atoms with Crippen molar-refractivity contribution >= 4 is 45.7 Å². The van der Waals surface area contributed by atoms with E-state index in [-0.39, 0.29) is 24.2 Å². The van der Waals surface area contributed by atoms with Gasteiger partial charge in [0.2, 0.25) is 11.8 Å². The second-order valence-electron chi connectivity index (χ2n) is 13.3. The van der Waals surface area contributed by atoms with Gasteiger partial charge in [-0.3, -0.25) is 24.6 Å². The Labute approximate surface area is 293 Å². The number of thioether (sulfide) groups is 1.